The van der Waals surface area contributed by atoms with E-state index >= 15 is 0 Å². The van der Waals surface area contributed by atoms with Gasteiger partial charge in [-0.05, 0) is 31.6 Å². The van der Waals surface area contributed by atoms with Gasteiger partial charge in [0.1, 0.15) is 16.4 Å². The van der Waals surface area contributed by atoms with Crippen LogP contribution in [0.15, 0.2) is 15.4 Å². The number of hydrogen-bond acceptors (Lipinski definition) is 4. The normalized spacial score (nSPS) is 17.9. The van der Waals surface area contributed by atoms with Crippen molar-refractivity contribution in [2.45, 2.75) is 44.6 Å². The molecule has 18 heavy (non-hydrogen) atoms. The zero-order valence-corrected chi connectivity index (χ0v) is 11.6. The lowest BCUT2D eigenvalue weighted by Gasteiger charge is -2.13. The standard InChI is InChI=1S/C12H20N2O3S/c1-3-12(4-5-12)8-14-18(15,16)11-6-10(7-13)17-9(11)2/h6,14H,3-5,7-8,13H2,1-2H3. The second kappa shape index (κ2) is 4.68. The maximum absolute atomic E-state index is 12.2. The molecule has 0 aliphatic heterocycles. The van der Waals surface area contributed by atoms with Gasteiger partial charge in [-0.25, -0.2) is 13.1 Å². The minimum absolute atomic E-state index is 0.182. The van der Waals surface area contributed by atoms with Crippen LogP contribution in [-0.2, 0) is 16.6 Å². The van der Waals surface area contributed by atoms with Gasteiger partial charge in [-0.1, -0.05) is 6.92 Å². The third-order valence-electron chi connectivity index (χ3n) is 3.76. The van der Waals surface area contributed by atoms with E-state index in [1.54, 1.807) is 6.92 Å². The summed E-state index contributed by atoms with van der Waals surface area (Å²) >= 11 is 0. The van der Waals surface area contributed by atoms with Crippen LogP contribution in [0.3, 0.4) is 0 Å². The van der Waals surface area contributed by atoms with Crippen molar-refractivity contribution < 1.29 is 12.8 Å². The van der Waals surface area contributed by atoms with Crippen LogP contribution in [0.2, 0.25) is 0 Å². The summed E-state index contributed by atoms with van der Waals surface area (Å²) in [6.07, 6.45) is 3.21. The lowest BCUT2D eigenvalue weighted by molar-refractivity contribution is 0.469. The highest BCUT2D eigenvalue weighted by Crippen LogP contribution is 2.48. The number of nitrogens with one attached hydrogen (secondary N) is 1. The third-order valence-corrected chi connectivity index (χ3v) is 5.27. The lowest BCUT2D eigenvalue weighted by atomic mass is 10.1. The molecule has 0 radical (unpaired) electrons. The van der Waals surface area contributed by atoms with Gasteiger partial charge in [0.15, 0.2) is 0 Å². The highest BCUT2D eigenvalue weighted by atomic mass is 32.2. The molecule has 1 saturated carbocycles. The van der Waals surface area contributed by atoms with Gasteiger partial charge >= 0.3 is 0 Å². The predicted molar refractivity (Wildman–Crippen MR) is 68.5 cm³/mol. The Morgan fingerprint density at radius 2 is 2.17 bits per heavy atom. The van der Waals surface area contributed by atoms with Gasteiger partial charge in [0.25, 0.3) is 0 Å². The molecular weight excluding hydrogens is 252 g/mol. The van der Waals surface area contributed by atoms with Crippen LogP contribution in [0.5, 0.6) is 0 Å². The maximum atomic E-state index is 12.2. The quantitative estimate of drug-likeness (QED) is 0.822. The van der Waals surface area contributed by atoms with Crippen molar-refractivity contribution in [2.24, 2.45) is 11.1 Å². The van der Waals surface area contributed by atoms with E-state index in [9.17, 15) is 8.42 Å². The molecule has 1 aliphatic carbocycles. The summed E-state index contributed by atoms with van der Waals surface area (Å²) in [7, 11) is -3.48. The summed E-state index contributed by atoms with van der Waals surface area (Å²) in [5, 5.41) is 0. The van der Waals surface area contributed by atoms with Gasteiger partial charge in [-0.3, -0.25) is 0 Å². The SMILES string of the molecule is CCC1(CNS(=O)(=O)c2cc(CN)oc2C)CC1. The summed E-state index contributed by atoms with van der Waals surface area (Å²) < 4.78 is 32.3. The van der Waals surface area contributed by atoms with E-state index in [-0.39, 0.29) is 16.9 Å². The average Bonchev–Trinajstić information content (AvgIpc) is 3.03. The minimum atomic E-state index is -3.48. The zero-order chi connectivity index (χ0) is 13.4. The highest BCUT2D eigenvalue weighted by Gasteiger charge is 2.41. The van der Waals surface area contributed by atoms with E-state index in [4.69, 9.17) is 10.2 Å². The molecule has 0 amide bonds. The van der Waals surface area contributed by atoms with Crippen molar-refractivity contribution in [3.05, 3.63) is 17.6 Å². The number of nitrogens with two attached hydrogens (primary N) is 1. The Hall–Kier alpha value is -0.850. The minimum Gasteiger partial charge on any atom is -0.464 e. The Bertz CT molecular complexity index is 530. The monoisotopic (exact) mass is 272 g/mol. The fourth-order valence-corrected chi connectivity index (χ4v) is 3.41. The molecule has 3 N–H and O–H groups in total. The molecule has 1 aliphatic rings. The van der Waals surface area contributed by atoms with Crippen molar-refractivity contribution in [3.63, 3.8) is 0 Å². The Morgan fingerprint density at radius 3 is 2.61 bits per heavy atom. The van der Waals surface area contributed by atoms with Crippen LogP contribution in [0.4, 0.5) is 0 Å². The fraction of sp³-hybridized carbons (Fsp3) is 0.667. The largest absolute Gasteiger partial charge is 0.464 e. The van der Waals surface area contributed by atoms with Gasteiger partial charge in [0, 0.05) is 12.6 Å². The second-order valence-corrected chi connectivity index (χ2v) is 6.75. The van der Waals surface area contributed by atoms with Crippen LogP contribution < -0.4 is 10.5 Å². The topological polar surface area (TPSA) is 85.3 Å². The molecule has 5 nitrogen and oxygen atoms in total. The molecule has 0 spiro atoms. The summed E-state index contributed by atoms with van der Waals surface area (Å²) in [6.45, 7) is 4.45. The lowest BCUT2D eigenvalue weighted by Crippen LogP contribution is -2.30. The Morgan fingerprint density at radius 1 is 1.50 bits per heavy atom. The van der Waals surface area contributed by atoms with Gasteiger partial charge in [-0.15, -0.1) is 0 Å². The van der Waals surface area contributed by atoms with Crippen LogP contribution in [0.25, 0.3) is 0 Å². The molecule has 1 heterocycles. The Kier molecular flexibility index (Phi) is 3.53. The van der Waals surface area contributed by atoms with Crippen LogP contribution >= 0.6 is 0 Å². The predicted octanol–water partition coefficient (Wildman–Crippen LogP) is 1.52. The molecule has 1 aromatic rings. The van der Waals surface area contributed by atoms with E-state index in [1.165, 1.54) is 6.07 Å². The smallest absolute Gasteiger partial charge is 0.244 e. The first-order valence-electron chi connectivity index (χ1n) is 6.21. The Balaban J connectivity index is 2.12. The van der Waals surface area contributed by atoms with E-state index in [0.29, 0.717) is 18.1 Å². The van der Waals surface area contributed by atoms with E-state index in [0.717, 1.165) is 19.3 Å². The average molecular weight is 272 g/mol. The molecule has 1 aromatic heterocycles. The van der Waals surface area contributed by atoms with E-state index in [1.807, 2.05) is 0 Å². The number of rotatable bonds is 6. The van der Waals surface area contributed by atoms with Gasteiger partial charge in [0.05, 0.1) is 6.54 Å². The summed E-state index contributed by atoms with van der Waals surface area (Å²) in [4.78, 5) is 0.204. The molecule has 0 saturated heterocycles. The molecule has 102 valence electrons. The zero-order valence-electron chi connectivity index (χ0n) is 10.8. The molecule has 6 heteroatoms. The fourth-order valence-electron chi connectivity index (χ4n) is 2.05. The number of hydrogen-bond donors (Lipinski definition) is 2. The summed E-state index contributed by atoms with van der Waals surface area (Å²) in [6, 6.07) is 1.50. The van der Waals surface area contributed by atoms with Gasteiger partial charge in [-0.2, -0.15) is 0 Å². The van der Waals surface area contributed by atoms with Crippen LogP contribution in [0, 0.1) is 12.3 Å². The molecule has 0 aromatic carbocycles. The number of aryl methyl sites for hydroxylation is 1. The highest BCUT2D eigenvalue weighted by molar-refractivity contribution is 7.89. The maximum Gasteiger partial charge on any atom is 0.244 e. The number of furan rings is 1. The molecule has 2 rings (SSSR count). The number of sulfonamides is 1. The van der Waals surface area contributed by atoms with Crippen molar-refractivity contribution in [1.29, 1.82) is 0 Å². The third kappa shape index (κ3) is 2.60. The first-order valence-corrected chi connectivity index (χ1v) is 7.70. The first-order chi connectivity index (χ1) is 8.42. The molecule has 0 bridgehead atoms. The molecule has 1 fully saturated rings. The second-order valence-electron chi connectivity index (χ2n) is 5.02. The van der Waals surface area contributed by atoms with Crippen LogP contribution in [0.1, 0.15) is 37.7 Å². The van der Waals surface area contributed by atoms with Crippen molar-refractivity contribution in [2.75, 3.05) is 6.54 Å². The van der Waals surface area contributed by atoms with E-state index < -0.39 is 10.0 Å². The Labute approximate surface area is 108 Å². The van der Waals surface area contributed by atoms with Gasteiger partial charge < -0.3 is 10.2 Å². The van der Waals surface area contributed by atoms with Gasteiger partial charge in [0.2, 0.25) is 10.0 Å². The van der Waals surface area contributed by atoms with Crippen molar-refractivity contribution in [3.8, 4) is 0 Å². The summed E-state index contributed by atoms with van der Waals surface area (Å²) in [5.74, 6) is 0.883. The molecular formula is C12H20N2O3S. The van der Waals surface area contributed by atoms with Crippen LogP contribution in [-0.4, -0.2) is 15.0 Å². The van der Waals surface area contributed by atoms with Crippen molar-refractivity contribution in [1.82, 2.24) is 4.72 Å². The van der Waals surface area contributed by atoms with Crippen molar-refractivity contribution >= 4 is 10.0 Å². The first kappa shape index (κ1) is 13.6. The molecule has 0 unspecified atom stereocenters. The molecule has 0 atom stereocenters. The summed E-state index contributed by atoms with van der Waals surface area (Å²) in [5.41, 5.74) is 5.62. The van der Waals surface area contributed by atoms with E-state index in [2.05, 4.69) is 11.6 Å².